The van der Waals surface area contributed by atoms with E-state index >= 15 is 0 Å². The van der Waals surface area contributed by atoms with E-state index in [1.165, 1.54) is 9.78 Å². The predicted octanol–water partition coefficient (Wildman–Crippen LogP) is 1.49. The summed E-state index contributed by atoms with van der Waals surface area (Å²) in [6.45, 7) is 6.36. The molecule has 9 nitrogen and oxygen atoms in total. The molecule has 0 unspecified atom stereocenters. The van der Waals surface area contributed by atoms with Crippen LogP contribution in [0.2, 0.25) is 0 Å². The van der Waals surface area contributed by atoms with Gasteiger partial charge < -0.3 is 25.2 Å². The van der Waals surface area contributed by atoms with Crippen LogP contribution in [0.25, 0.3) is 0 Å². The van der Waals surface area contributed by atoms with Crippen molar-refractivity contribution < 1.29 is 14.3 Å². The highest BCUT2D eigenvalue weighted by atomic mass is 32.1. The summed E-state index contributed by atoms with van der Waals surface area (Å²) in [6, 6.07) is 0.183. The number of amides is 2. The number of hydrogen-bond acceptors (Lipinski definition) is 6. The number of carbonyl (C=O) groups is 2. The molecule has 10 heteroatoms. The molecule has 0 aliphatic carbocycles. The molecule has 0 spiro atoms. The number of aromatic nitrogens is 1. The van der Waals surface area contributed by atoms with E-state index in [1.807, 2.05) is 13.1 Å². The van der Waals surface area contributed by atoms with Crippen molar-refractivity contribution in [3.05, 3.63) is 16.1 Å². The van der Waals surface area contributed by atoms with Crippen molar-refractivity contribution in [1.82, 2.24) is 25.4 Å². The summed E-state index contributed by atoms with van der Waals surface area (Å²) >= 11 is 1.73. The highest BCUT2D eigenvalue weighted by molar-refractivity contribution is 7.11. The van der Waals surface area contributed by atoms with E-state index in [0.29, 0.717) is 32.2 Å². The smallest absolute Gasteiger partial charge is 0.409 e. The van der Waals surface area contributed by atoms with Crippen molar-refractivity contribution in [2.24, 2.45) is 4.99 Å². The molecule has 1 aliphatic heterocycles. The van der Waals surface area contributed by atoms with Crippen molar-refractivity contribution in [3.63, 3.8) is 0 Å². The first-order valence-corrected chi connectivity index (χ1v) is 11.3. The monoisotopic (exact) mass is 438 g/mol. The number of aryl methyl sites for hydroxylation is 1. The second-order valence-electron chi connectivity index (χ2n) is 7.31. The Balaban J connectivity index is 1.88. The van der Waals surface area contributed by atoms with Crippen molar-refractivity contribution in [3.8, 4) is 0 Å². The lowest BCUT2D eigenvalue weighted by molar-refractivity contribution is -0.127. The maximum absolute atomic E-state index is 11.9. The first-order chi connectivity index (χ1) is 14.4. The van der Waals surface area contributed by atoms with Crippen LogP contribution in [0, 0.1) is 0 Å². The number of piperidine rings is 1. The Hall–Kier alpha value is -2.36. The summed E-state index contributed by atoms with van der Waals surface area (Å²) in [5, 5.41) is 7.83. The highest BCUT2D eigenvalue weighted by Crippen LogP contribution is 2.14. The van der Waals surface area contributed by atoms with E-state index in [4.69, 9.17) is 4.74 Å². The molecular formula is C20H34N6O3S. The summed E-state index contributed by atoms with van der Waals surface area (Å²) in [5.74, 6) is 0.563. The molecule has 168 valence electrons. The lowest BCUT2D eigenvalue weighted by Gasteiger charge is -2.32. The fraction of sp³-hybridized carbons (Fsp3) is 0.700. The van der Waals surface area contributed by atoms with Crippen LogP contribution in [0.15, 0.2) is 11.2 Å². The standard InChI is InChI=1S/C20H34N6O3S/c1-5-16-13-22-17(30-16)7-10-21-19(23-14-18(27)25(3)4)24-15-8-11-26(12-9-15)20(28)29-6-2/h13,15H,5-12,14H2,1-4H3,(H2,21,23,24). The van der Waals surface area contributed by atoms with Gasteiger partial charge in [0.1, 0.15) is 6.54 Å². The quantitative estimate of drug-likeness (QED) is 0.471. The lowest BCUT2D eigenvalue weighted by Crippen LogP contribution is -2.50. The maximum Gasteiger partial charge on any atom is 0.409 e. The van der Waals surface area contributed by atoms with Gasteiger partial charge in [0.05, 0.1) is 11.6 Å². The van der Waals surface area contributed by atoms with Crippen LogP contribution >= 0.6 is 11.3 Å². The minimum absolute atomic E-state index is 0.0549. The molecule has 2 N–H and O–H groups in total. The Bertz CT molecular complexity index is 713. The summed E-state index contributed by atoms with van der Waals surface area (Å²) in [5.41, 5.74) is 0. The fourth-order valence-electron chi connectivity index (χ4n) is 2.97. The zero-order chi connectivity index (χ0) is 21.9. The van der Waals surface area contributed by atoms with Gasteiger partial charge in [-0.2, -0.15) is 0 Å². The predicted molar refractivity (Wildman–Crippen MR) is 119 cm³/mol. The van der Waals surface area contributed by atoms with Crippen molar-refractivity contribution >= 4 is 29.3 Å². The average molecular weight is 439 g/mol. The Morgan fingerprint density at radius 1 is 1.33 bits per heavy atom. The number of likely N-dealkylation sites (tertiary alicyclic amines) is 1. The molecule has 1 aromatic heterocycles. The third-order valence-electron chi connectivity index (χ3n) is 4.81. The molecule has 1 saturated heterocycles. The zero-order valence-corrected chi connectivity index (χ0v) is 19.3. The van der Waals surface area contributed by atoms with Crippen LogP contribution in [-0.2, 0) is 22.4 Å². The number of carbonyl (C=O) groups excluding carboxylic acids is 2. The maximum atomic E-state index is 11.9. The first kappa shape index (κ1) is 23.9. The number of nitrogens with zero attached hydrogens (tertiary/aromatic N) is 4. The number of guanidine groups is 1. The van der Waals surface area contributed by atoms with Gasteiger partial charge in [0.25, 0.3) is 0 Å². The molecular weight excluding hydrogens is 404 g/mol. The van der Waals surface area contributed by atoms with Crippen LogP contribution in [-0.4, -0.2) is 85.7 Å². The number of hydrogen-bond donors (Lipinski definition) is 2. The number of likely N-dealkylation sites (N-methyl/N-ethyl adjacent to an activating group) is 1. The molecule has 2 amide bonds. The molecule has 0 radical (unpaired) electrons. The largest absolute Gasteiger partial charge is 0.450 e. The van der Waals surface area contributed by atoms with E-state index in [-0.39, 0.29) is 24.6 Å². The third-order valence-corrected chi connectivity index (χ3v) is 6.02. The Morgan fingerprint density at radius 3 is 2.67 bits per heavy atom. The topological polar surface area (TPSA) is 99.2 Å². The minimum Gasteiger partial charge on any atom is -0.450 e. The molecule has 0 aromatic carbocycles. The van der Waals surface area contributed by atoms with Crippen LogP contribution in [0.4, 0.5) is 4.79 Å². The van der Waals surface area contributed by atoms with Gasteiger partial charge in [-0.05, 0) is 26.2 Å². The van der Waals surface area contributed by atoms with E-state index in [9.17, 15) is 9.59 Å². The van der Waals surface area contributed by atoms with Gasteiger partial charge >= 0.3 is 6.09 Å². The second-order valence-corrected chi connectivity index (χ2v) is 8.51. The first-order valence-electron chi connectivity index (χ1n) is 10.5. The van der Waals surface area contributed by atoms with Gasteiger partial charge in [0.15, 0.2) is 5.96 Å². The average Bonchev–Trinajstić information content (AvgIpc) is 3.20. The molecule has 1 aromatic rings. The summed E-state index contributed by atoms with van der Waals surface area (Å²) in [7, 11) is 3.44. The summed E-state index contributed by atoms with van der Waals surface area (Å²) in [6.07, 6.45) is 5.07. The van der Waals surface area contributed by atoms with Crippen LogP contribution < -0.4 is 10.6 Å². The van der Waals surface area contributed by atoms with Crippen LogP contribution in [0.5, 0.6) is 0 Å². The zero-order valence-electron chi connectivity index (χ0n) is 18.4. The number of ether oxygens (including phenoxy) is 1. The number of thiazole rings is 1. The van der Waals surface area contributed by atoms with Gasteiger partial charge in [-0.15, -0.1) is 11.3 Å². The molecule has 1 fully saturated rings. The van der Waals surface area contributed by atoms with Gasteiger partial charge in [-0.25, -0.2) is 14.8 Å². The number of aliphatic imine (C=N–C) groups is 1. The fourth-order valence-corrected chi connectivity index (χ4v) is 3.83. The molecule has 1 aliphatic rings. The van der Waals surface area contributed by atoms with Gasteiger partial charge in [-0.3, -0.25) is 4.79 Å². The summed E-state index contributed by atoms with van der Waals surface area (Å²) in [4.78, 5) is 37.3. The Kier molecular flexibility index (Phi) is 9.85. The van der Waals surface area contributed by atoms with E-state index in [2.05, 4.69) is 27.5 Å². The van der Waals surface area contributed by atoms with E-state index in [1.54, 1.807) is 30.3 Å². The third kappa shape index (κ3) is 7.81. The SMILES string of the molecule is CCOC(=O)N1CCC(NC(=NCC(=O)N(C)C)NCCc2ncc(CC)s2)CC1. The van der Waals surface area contributed by atoms with Gasteiger partial charge in [-0.1, -0.05) is 6.92 Å². The van der Waals surface area contributed by atoms with E-state index < -0.39 is 0 Å². The van der Waals surface area contributed by atoms with Gasteiger partial charge in [0, 0.05) is 57.3 Å². The van der Waals surface area contributed by atoms with Gasteiger partial charge in [0.2, 0.25) is 5.91 Å². The molecule has 0 atom stereocenters. The molecule has 30 heavy (non-hydrogen) atoms. The van der Waals surface area contributed by atoms with Crippen molar-refractivity contribution in [2.75, 3.05) is 46.9 Å². The molecule has 0 saturated carbocycles. The summed E-state index contributed by atoms with van der Waals surface area (Å²) < 4.78 is 5.07. The Labute approximate surface area is 182 Å². The van der Waals surface area contributed by atoms with Crippen LogP contribution in [0.1, 0.15) is 36.6 Å². The number of rotatable bonds is 8. The molecule has 0 bridgehead atoms. The normalized spacial score (nSPS) is 15.1. The van der Waals surface area contributed by atoms with Crippen molar-refractivity contribution in [2.45, 2.75) is 45.6 Å². The molecule has 2 heterocycles. The number of nitrogens with one attached hydrogen (secondary N) is 2. The molecule has 2 rings (SSSR count). The second kappa shape index (κ2) is 12.4. The Morgan fingerprint density at radius 2 is 2.07 bits per heavy atom. The lowest BCUT2D eigenvalue weighted by atomic mass is 10.1. The van der Waals surface area contributed by atoms with Crippen LogP contribution in [0.3, 0.4) is 0 Å². The minimum atomic E-state index is -0.255. The van der Waals surface area contributed by atoms with Crippen molar-refractivity contribution in [1.29, 1.82) is 0 Å². The highest BCUT2D eigenvalue weighted by Gasteiger charge is 2.24. The van der Waals surface area contributed by atoms with E-state index in [0.717, 1.165) is 30.7 Å².